The van der Waals surface area contributed by atoms with Gasteiger partial charge in [0.15, 0.2) is 0 Å². The number of hydrogen-bond acceptors (Lipinski definition) is 2. The van der Waals surface area contributed by atoms with Crippen LogP contribution in [0.25, 0.3) is 0 Å². The van der Waals surface area contributed by atoms with Crippen molar-refractivity contribution in [2.75, 3.05) is 11.9 Å². The van der Waals surface area contributed by atoms with Crippen molar-refractivity contribution in [3.8, 4) is 11.8 Å². The molecule has 0 atom stereocenters. The fraction of sp³-hybridized carbons (Fsp3) is 0.167. The molecule has 0 aliphatic rings. The van der Waals surface area contributed by atoms with Crippen molar-refractivity contribution in [1.29, 1.82) is 0 Å². The molecule has 2 aromatic rings. The Morgan fingerprint density at radius 1 is 1.10 bits per heavy atom. The number of amides is 1. The summed E-state index contributed by atoms with van der Waals surface area (Å²) in [7, 11) is 0. The van der Waals surface area contributed by atoms with E-state index in [-0.39, 0.29) is 5.91 Å². The van der Waals surface area contributed by atoms with Crippen LogP contribution in [0.3, 0.4) is 0 Å². The van der Waals surface area contributed by atoms with Crippen LogP contribution in [0, 0.1) is 25.7 Å². The van der Waals surface area contributed by atoms with Gasteiger partial charge in [-0.25, -0.2) is 0 Å². The number of aryl methyl sites for hydroxylation is 2. The number of hydrogen-bond donors (Lipinski definition) is 2. The first-order valence-electron chi connectivity index (χ1n) is 6.77. The van der Waals surface area contributed by atoms with Gasteiger partial charge in [0.1, 0.15) is 0 Å². The molecule has 0 heterocycles. The van der Waals surface area contributed by atoms with Gasteiger partial charge in [-0.3, -0.25) is 4.79 Å². The molecule has 2 rings (SSSR count). The summed E-state index contributed by atoms with van der Waals surface area (Å²) in [6.45, 7) is 4.30. The lowest BCUT2D eigenvalue weighted by Gasteiger charge is -2.07. The quantitative estimate of drug-likeness (QED) is 0.830. The molecule has 106 valence electrons. The molecule has 3 heteroatoms. The number of anilines is 1. The van der Waals surface area contributed by atoms with E-state index in [0.29, 0.717) is 12.1 Å². The van der Waals surface area contributed by atoms with Gasteiger partial charge in [-0.2, -0.15) is 0 Å². The van der Waals surface area contributed by atoms with Gasteiger partial charge < -0.3 is 11.1 Å². The number of carbonyl (C=O) groups is 1. The normalized spacial score (nSPS) is 9.67. The zero-order chi connectivity index (χ0) is 15.2. The van der Waals surface area contributed by atoms with Crippen LogP contribution in [-0.4, -0.2) is 12.5 Å². The van der Waals surface area contributed by atoms with E-state index in [0.717, 1.165) is 22.4 Å². The smallest absolute Gasteiger partial charge is 0.255 e. The van der Waals surface area contributed by atoms with Crippen molar-refractivity contribution in [2.45, 2.75) is 13.8 Å². The molecule has 1 amide bonds. The van der Waals surface area contributed by atoms with Crippen molar-refractivity contribution in [3.63, 3.8) is 0 Å². The van der Waals surface area contributed by atoms with Crippen molar-refractivity contribution in [3.05, 3.63) is 64.7 Å². The fourth-order valence-electron chi connectivity index (χ4n) is 2.10. The minimum Gasteiger partial charge on any atom is -0.322 e. The predicted octanol–water partition coefficient (Wildman–Crippen LogP) is 2.87. The molecule has 0 bridgehead atoms. The molecule has 0 aromatic heterocycles. The maximum Gasteiger partial charge on any atom is 0.255 e. The molecule has 2 aromatic carbocycles. The maximum absolute atomic E-state index is 12.2. The second-order valence-corrected chi connectivity index (χ2v) is 4.91. The average molecular weight is 278 g/mol. The molecule has 0 spiro atoms. The molecule has 0 saturated heterocycles. The zero-order valence-corrected chi connectivity index (χ0v) is 12.2. The third-order valence-electron chi connectivity index (χ3n) is 2.96. The van der Waals surface area contributed by atoms with Gasteiger partial charge in [-0.05, 0) is 50.2 Å². The Hall–Kier alpha value is -2.57. The predicted molar refractivity (Wildman–Crippen MR) is 86.2 cm³/mol. The largest absolute Gasteiger partial charge is 0.322 e. The lowest BCUT2D eigenvalue weighted by Crippen LogP contribution is -2.12. The van der Waals surface area contributed by atoms with Crippen molar-refractivity contribution in [1.82, 2.24) is 0 Å². The first-order chi connectivity index (χ1) is 10.1. The van der Waals surface area contributed by atoms with E-state index < -0.39 is 0 Å². The first-order valence-corrected chi connectivity index (χ1v) is 6.77. The van der Waals surface area contributed by atoms with E-state index in [1.807, 2.05) is 56.3 Å². The van der Waals surface area contributed by atoms with Gasteiger partial charge in [0.05, 0.1) is 6.54 Å². The molecule has 3 N–H and O–H groups in total. The minimum absolute atomic E-state index is 0.109. The van der Waals surface area contributed by atoms with Crippen LogP contribution in [0.4, 0.5) is 5.69 Å². The molecule has 0 aliphatic carbocycles. The fourth-order valence-corrected chi connectivity index (χ4v) is 2.10. The summed E-state index contributed by atoms with van der Waals surface area (Å²) in [5.41, 5.74) is 9.78. The third-order valence-corrected chi connectivity index (χ3v) is 2.96. The SMILES string of the molecule is Cc1cc(C)cc(C(=O)Nc2ccc(C#CCN)cc2)c1. The highest BCUT2D eigenvalue weighted by Gasteiger charge is 2.07. The van der Waals surface area contributed by atoms with Gasteiger partial charge in [-0.15, -0.1) is 0 Å². The highest BCUT2D eigenvalue weighted by atomic mass is 16.1. The van der Waals surface area contributed by atoms with Crippen LogP contribution in [0.15, 0.2) is 42.5 Å². The van der Waals surface area contributed by atoms with Crippen LogP contribution in [-0.2, 0) is 0 Å². The first kappa shape index (κ1) is 14.8. The molecular formula is C18H18N2O. The number of rotatable bonds is 2. The Morgan fingerprint density at radius 3 is 2.29 bits per heavy atom. The summed E-state index contributed by atoms with van der Waals surface area (Å²) in [5, 5.41) is 2.88. The minimum atomic E-state index is -0.109. The molecule has 0 unspecified atom stereocenters. The number of benzene rings is 2. The second-order valence-electron chi connectivity index (χ2n) is 4.91. The standard InChI is InChI=1S/C18H18N2O/c1-13-10-14(2)12-16(11-13)18(21)20-17-7-5-15(6-8-17)4-3-9-19/h5-8,10-12H,9,19H2,1-2H3,(H,20,21). The van der Waals surface area contributed by atoms with Crippen LogP contribution in [0.5, 0.6) is 0 Å². The Kier molecular flexibility index (Phi) is 4.76. The molecule has 0 saturated carbocycles. The monoisotopic (exact) mass is 278 g/mol. The number of nitrogens with two attached hydrogens (primary N) is 1. The van der Waals surface area contributed by atoms with Crippen LogP contribution >= 0.6 is 0 Å². The van der Waals surface area contributed by atoms with E-state index in [1.54, 1.807) is 0 Å². The lowest BCUT2D eigenvalue weighted by atomic mass is 10.1. The van der Waals surface area contributed by atoms with Crippen molar-refractivity contribution < 1.29 is 4.79 Å². The molecular weight excluding hydrogens is 260 g/mol. The Bertz CT molecular complexity index is 686. The van der Waals surface area contributed by atoms with Crippen LogP contribution in [0.2, 0.25) is 0 Å². The van der Waals surface area contributed by atoms with E-state index in [1.165, 1.54) is 0 Å². The summed E-state index contributed by atoms with van der Waals surface area (Å²) in [5.74, 6) is 5.63. The molecule has 0 radical (unpaired) electrons. The summed E-state index contributed by atoms with van der Waals surface area (Å²) in [4.78, 5) is 12.2. The maximum atomic E-state index is 12.2. The van der Waals surface area contributed by atoms with Gasteiger partial charge >= 0.3 is 0 Å². The molecule has 3 nitrogen and oxygen atoms in total. The molecule has 0 aliphatic heterocycles. The number of nitrogens with one attached hydrogen (secondary N) is 1. The van der Waals surface area contributed by atoms with Gasteiger partial charge in [0.25, 0.3) is 5.91 Å². The summed E-state index contributed by atoms with van der Waals surface area (Å²) < 4.78 is 0. The summed E-state index contributed by atoms with van der Waals surface area (Å²) >= 11 is 0. The van der Waals surface area contributed by atoms with Crippen molar-refractivity contribution in [2.24, 2.45) is 5.73 Å². The van der Waals surface area contributed by atoms with Gasteiger partial charge in [-0.1, -0.05) is 29.0 Å². The lowest BCUT2D eigenvalue weighted by molar-refractivity contribution is 0.102. The van der Waals surface area contributed by atoms with Gasteiger partial charge in [0.2, 0.25) is 0 Å². The van der Waals surface area contributed by atoms with E-state index in [9.17, 15) is 4.79 Å². The van der Waals surface area contributed by atoms with Crippen molar-refractivity contribution >= 4 is 11.6 Å². The topological polar surface area (TPSA) is 55.1 Å². The van der Waals surface area contributed by atoms with E-state index in [2.05, 4.69) is 17.2 Å². The van der Waals surface area contributed by atoms with Crippen LogP contribution < -0.4 is 11.1 Å². The molecule has 0 fully saturated rings. The second kappa shape index (κ2) is 6.74. The van der Waals surface area contributed by atoms with Crippen LogP contribution in [0.1, 0.15) is 27.0 Å². The Balaban J connectivity index is 2.12. The zero-order valence-electron chi connectivity index (χ0n) is 12.2. The van der Waals surface area contributed by atoms with E-state index >= 15 is 0 Å². The third kappa shape index (κ3) is 4.20. The van der Waals surface area contributed by atoms with E-state index in [4.69, 9.17) is 5.73 Å². The highest BCUT2D eigenvalue weighted by Crippen LogP contribution is 2.13. The average Bonchev–Trinajstić information content (AvgIpc) is 2.45. The Morgan fingerprint density at radius 2 is 1.71 bits per heavy atom. The highest BCUT2D eigenvalue weighted by molar-refractivity contribution is 6.04. The summed E-state index contributed by atoms with van der Waals surface area (Å²) in [6.07, 6.45) is 0. The number of carbonyl (C=O) groups excluding carboxylic acids is 1. The molecule has 21 heavy (non-hydrogen) atoms. The van der Waals surface area contributed by atoms with Gasteiger partial charge in [0, 0.05) is 16.8 Å². The Labute approximate surface area is 125 Å². The summed E-state index contributed by atoms with van der Waals surface area (Å²) in [6, 6.07) is 13.2.